The Hall–Kier alpha value is -0.860. The Balaban J connectivity index is 0.00000121. The highest BCUT2D eigenvalue weighted by molar-refractivity contribution is 5.85. The second-order valence-electron chi connectivity index (χ2n) is 4.13. The highest BCUT2D eigenvalue weighted by Crippen LogP contribution is 2.08. The maximum Gasteiger partial charge on any atom is 0.244 e. The predicted octanol–water partition coefficient (Wildman–Crippen LogP) is 3.33. The molecule has 0 aliphatic carbocycles. The van der Waals surface area contributed by atoms with E-state index in [2.05, 4.69) is 17.2 Å². The van der Waals surface area contributed by atoms with Crippen molar-refractivity contribution in [1.82, 2.24) is 5.32 Å². The van der Waals surface area contributed by atoms with Crippen molar-refractivity contribution in [3.05, 3.63) is 0 Å². The summed E-state index contributed by atoms with van der Waals surface area (Å²) in [5, 5.41) is 2.95. The van der Waals surface area contributed by atoms with E-state index in [9.17, 15) is 4.79 Å². The Labute approximate surface area is 106 Å². The summed E-state index contributed by atoms with van der Waals surface area (Å²) in [7, 11) is 0. The lowest BCUT2D eigenvalue weighted by molar-refractivity contribution is -0.122. The molecule has 0 aromatic heterocycles. The molecule has 0 radical (unpaired) electrons. The van der Waals surface area contributed by atoms with Gasteiger partial charge in [0.1, 0.15) is 6.04 Å². The Bertz CT molecular complexity index is 214. The molecule has 1 aliphatic heterocycles. The molecule has 0 aromatic carbocycles. The number of carbonyl (C=O) groups is 1. The van der Waals surface area contributed by atoms with E-state index >= 15 is 0 Å². The van der Waals surface area contributed by atoms with Gasteiger partial charge in [-0.3, -0.25) is 9.79 Å². The van der Waals surface area contributed by atoms with Crippen molar-refractivity contribution in [2.24, 2.45) is 4.99 Å². The molecule has 0 fully saturated rings. The number of hydrogen-bond acceptors (Lipinski definition) is 2. The SMILES string of the molecule is CC.CCCCCCCNC(=O)[C@H]1CCC=N1. The van der Waals surface area contributed by atoms with Crippen LogP contribution in [0.4, 0.5) is 0 Å². The van der Waals surface area contributed by atoms with Crippen LogP contribution in [0.3, 0.4) is 0 Å². The first kappa shape index (κ1) is 16.1. The topological polar surface area (TPSA) is 41.5 Å². The van der Waals surface area contributed by atoms with Gasteiger partial charge in [-0.1, -0.05) is 46.5 Å². The van der Waals surface area contributed by atoms with Gasteiger partial charge in [0, 0.05) is 6.54 Å². The van der Waals surface area contributed by atoms with Crippen molar-refractivity contribution in [3.8, 4) is 0 Å². The molecule has 0 bridgehead atoms. The molecule has 1 heterocycles. The van der Waals surface area contributed by atoms with Crippen molar-refractivity contribution >= 4 is 12.1 Å². The van der Waals surface area contributed by atoms with E-state index in [1.165, 1.54) is 25.7 Å². The number of nitrogens with one attached hydrogen (secondary N) is 1. The number of amides is 1. The maximum absolute atomic E-state index is 11.5. The minimum atomic E-state index is -0.0966. The molecule has 0 spiro atoms. The van der Waals surface area contributed by atoms with Crippen LogP contribution in [0.25, 0.3) is 0 Å². The zero-order valence-corrected chi connectivity index (χ0v) is 11.7. The molecule has 0 saturated heterocycles. The third-order valence-electron chi connectivity index (χ3n) is 2.74. The Morgan fingerprint density at radius 1 is 1.29 bits per heavy atom. The fraction of sp³-hybridized carbons (Fsp3) is 0.857. The largest absolute Gasteiger partial charge is 0.354 e. The standard InChI is InChI=1S/C12H22N2O.C2H6/c1-2-3-4-5-6-9-14-12(15)11-8-7-10-13-11;1-2/h10-11H,2-9H2,1H3,(H,14,15);1-2H3/t11-;/m1./s1. The molecule has 1 rings (SSSR count). The Kier molecular flexibility index (Phi) is 11.0. The molecule has 1 atom stereocenters. The molecule has 1 N–H and O–H groups in total. The normalized spacial score (nSPS) is 17.5. The average molecular weight is 240 g/mol. The van der Waals surface area contributed by atoms with Gasteiger partial charge in [-0.2, -0.15) is 0 Å². The lowest BCUT2D eigenvalue weighted by atomic mass is 10.1. The lowest BCUT2D eigenvalue weighted by Gasteiger charge is -2.08. The molecule has 100 valence electrons. The summed E-state index contributed by atoms with van der Waals surface area (Å²) in [4.78, 5) is 15.6. The van der Waals surface area contributed by atoms with Crippen LogP contribution in [-0.4, -0.2) is 24.7 Å². The summed E-state index contributed by atoms with van der Waals surface area (Å²) in [6, 6.07) is -0.0966. The van der Waals surface area contributed by atoms with Gasteiger partial charge in [0.2, 0.25) is 5.91 Å². The van der Waals surface area contributed by atoms with Gasteiger partial charge >= 0.3 is 0 Å². The van der Waals surface area contributed by atoms with Gasteiger partial charge in [-0.05, 0) is 25.5 Å². The second-order valence-corrected chi connectivity index (χ2v) is 4.13. The van der Waals surface area contributed by atoms with Crippen LogP contribution in [0.2, 0.25) is 0 Å². The molecule has 0 aromatic rings. The first-order valence-electron chi connectivity index (χ1n) is 7.14. The Morgan fingerprint density at radius 2 is 2.00 bits per heavy atom. The average Bonchev–Trinajstić information content (AvgIpc) is 2.90. The van der Waals surface area contributed by atoms with Crippen LogP contribution in [0.15, 0.2) is 4.99 Å². The van der Waals surface area contributed by atoms with Gasteiger partial charge in [-0.25, -0.2) is 0 Å². The summed E-state index contributed by atoms with van der Waals surface area (Å²) >= 11 is 0. The highest BCUT2D eigenvalue weighted by Gasteiger charge is 2.18. The van der Waals surface area contributed by atoms with Gasteiger partial charge < -0.3 is 5.32 Å². The molecule has 3 heteroatoms. The van der Waals surface area contributed by atoms with Gasteiger partial charge in [0.05, 0.1) is 0 Å². The van der Waals surface area contributed by atoms with E-state index in [1.807, 2.05) is 20.1 Å². The maximum atomic E-state index is 11.5. The van der Waals surface area contributed by atoms with Crippen molar-refractivity contribution < 1.29 is 4.79 Å². The van der Waals surface area contributed by atoms with Gasteiger partial charge in [-0.15, -0.1) is 0 Å². The number of rotatable bonds is 7. The van der Waals surface area contributed by atoms with Crippen LogP contribution in [0, 0.1) is 0 Å². The third kappa shape index (κ3) is 7.94. The third-order valence-corrected chi connectivity index (χ3v) is 2.74. The molecule has 1 amide bonds. The Morgan fingerprint density at radius 3 is 2.59 bits per heavy atom. The molecular weight excluding hydrogens is 212 g/mol. The highest BCUT2D eigenvalue weighted by atomic mass is 16.2. The number of carbonyl (C=O) groups excluding carboxylic acids is 1. The molecule has 17 heavy (non-hydrogen) atoms. The van der Waals surface area contributed by atoms with Crippen molar-refractivity contribution in [3.63, 3.8) is 0 Å². The predicted molar refractivity (Wildman–Crippen MR) is 74.6 cm³/mol. The number of nitrogens with zero attached hydrogens (tertiary/aromatic N) is 1. The monoisotopic (exact) mass is 240 g/mol. The summed E-state index contributed by atoms with van der Waals surface area (Å²) in [6.45, 7) is 7.02. The van der Waals surface area contributed by atoms with Crippen LogP contribution in [0.1, 0.15) is 65.7 Å². The number of aliphatic imine (C=N–C) groups is 1. The summed E-state index contributed by atoms with van der Waals surface area (Å²) < 4.78 is 0. The zero-order chi connectivity index (χ0) is 12.9. The first-order chi connectivity index (χ1) is 8.34. The van der Waals surface area contributed by atoms with Gasteiger partial charge in [0.15, 0.2) is 0 Å². The molecular formula is C14H28N2O. The van der Waals surface area contributed by atoms with Crippen LogP contribution < -0.4 is 5.32 Å². The minimum absolute atomic E-state index is 0.0966. The fourth-order valence-corrected chi connectivity index (χ4v) is 1.77. The second kappa shape index (κ2) is 11.6. The smallest absolute Gasteiger partial charge is 0.244 e. The van der Waals surface area contributed by atoms with Crippen molar-refractivity contribution in [2.45, 2.75) is 71.8 Å². The first-order valence-corrected chi connectivity index (χ1v) is 7.14. The van der Waals surface area contributed by atoms with Crippen LogP contribution in [-0.2, 0) is 4.79 Å². The lowest BCUT2D eigenvalue weighted by Crippen LogP contribution is -2.32. The molecule has 1 aliphatic rings. The van der Waals surface area contributed by atoms with Gasteiger partial charge in [0.25, 0.3) is 0 Å². The summed E-state index contributed by atoms with van der Waals surface area (Å²) in [5.74, 6) is 0.110. The molecule has 3 nitrogen and oxygen atoms in total. The van der Waals surface area contributed by atoms with E-state index < -0.39 is 0 Å². The summed E-state index contributed by atoms with van der Waals surface area (Å²) in [6.07, 6.45) is 9.88. The minimum Gasteiger partial charge on any atom is -0.354 e. The van der Waals surface area contributed by atoms with E-state index in [-0.39, 0.29) is 11.9 Å². The van der Waals surface area contributed by atoms with E-state index in [4.69, 9.17) is 0 Å². The van der Waals surface area contributed by atoms with Crippen LogP contribution >= 0.6 is 0 Å². The number of hydrogen-bond donors (Lipinski definition) is 1. The summed E-state index contributed by atoms with van der Waals surface area (Å²) in [5.41, 5.74) is 0. The van der Waals surface area contributed by atoms with Crippen molar-refractivity contribution in [2.75, 3.05) is 6.54 Å². The fourth-order valence-electron chi connectivity index (χ4n) is 1.77. The van der Waals surface area contributed by atoms with E-state index in [1.54, 1.807) is 0 Å². The van der Waals surface area contributed by atoms with Crippen molar-refractivity contribution in [1.29, 1.82) is 0 Å². The quantitative estimate of drug-likeness (QED) is 0.681. The zero-order valence-electron chi connectivity index (χ0n) is 11.7. The van der Waals surface area contributed by atoms with E-state index in [0.29, 0.717) is 0 Å². The van der Waals surface area contributed by atoms with E-state index in [0.717, 1.165) is 25.8 Å². The molecule has 0 saturated carbocycles. The molecule has 0 unspecified atom stereocenters. The number of unbranched alkanes of at least 4 members (excludes halogenated alkanes) is 4. The van der Waals surface area contributed by atoms with Crippen LogP contribution in [0.5, 0.6) is 0 Å².